The van der Waals surface area contributed by atoms with Gasteiger partial charge in [-0.1, -0.05) is 23.8 Å². The molecule has 134 valence electrons. The summed E-state index contributed by atoms with van der Waals surface area (Å²) >= 11 is 0. The Labute approximate surface area is 150 Å². The first kappa shape index (κ1) is 17.7. The largest absolute Gasteiger partial charge is 0.872 e. The molecule has 3 aromatic rings. The van der Waals surface area contributed by atoms with E-state index in [4.69, 9.17) is 9.15 Å². The lowest BCUT2D eigenvalue weighted by molar-refractivity contribution is -0.588. The summed E-state index contributed by atoms with van der Waals surface area (Å²) in [7, 11) is 0. The second-order valence-electron chi connectivity index (χ2n) is 5.92. The average molecular weight is 353 g/mol. The molecule has 2 N–H and O–H groups in total. The van der Waals surface area contributed by atoms with Crippen LogP contribution in [0.2, 0.25) is 0 Å². The quantitative estimate of drug-likeness (QED) is 0.428. The van der Waals surface area contributed by atoms with E-state index in [1.165, 1.54) is 12.1 Å². The van der Waals surface area contributed by atoms with Gasteiger partial charge in [-0.25, -0.2) is 9.59 Å². The SMILES string of the molecule is CCOC(=O)c1ccccc1[NH2+]Cc1cc(=O)oc2cc(C)c([O-])cc12. The van der Waals surface area contributed by atoms with Crippen LogP contribution in [0.3, 0.4) is 0 Å². The molecule has 2 aromatic carbocycles. The number of hydrogen-bond donors (Lipinski definition) is 1. The fourth-order valence-electron chi connectivity index (χ4n) is 2.81. The number of rotatable bonds is 5. The number of hydrogen-bond acceptors (Lipinski definition) is 5. The van der Waals surface area contributed by atoms with E-state index in [-0.39, 0.29) is 5.75 Å². The number of quaternary nitrogens is 1. The van der Waals surface area contributed by atoms with Gasteiger partial charge in [0.25, 0.3) is 0 Å². The Morgan fingerprint density at radius 1 is 1.23 bits per heavy atom. The molecular weight excluding hydrogens is 334 g/mol. The molecule has 0 bridgehead atoms. The summed E-state index contributed by atoms with van der Waals surface area (Å²) in [6, 6.07) is 11.5. The van der Waals surface area contributed by atoms with Crippen LogP contribution in [-0.2, 0) is 11.3 Å². The Morgan fingerprint density at radius 2 is 2.00 bits per heavy atom. The van der Waals surface area contributed by atoms with Gasteiger partial charge in [-0.2, -0.15) is 0 Å². The molecule has 0 unspecified atom stereocenters. The van der Waals surface area contributed by atoms with Crippen molar-refractivity contribution in [3.8, 4) is 5.75 Å². The van der Waals surface area contributed by atoms with Crippen molar-refractivity contribution in [2.75, 3.05) is 6.61 Å². The molecular formula is C20H19NO5. The number of esters is 1. The van der Waals surface area contributed by atoms with E-state index in [2.05, 4.69) is 0 Å². The second-order valence-corrected chi connectivity index (χ2v) is 5.92. The third kappa shape index (κ3) is 3.60. The van der Waals surface area contributed by atoms with Crippen LogP contribution in [0.25, 0.3) is 11.0 Å². The molecule has 1 heterocycles. The molecule has 0 aliphatic rings. The normalized spacial score (nSPS) is 10.8. The highest BCUT2D eigenvalue weighted by molar-refractivity contribution is 5.93. The van der Waals surface area contributed by atoms with Crippen molar-refractivity contribution in [1.82, 2.24) is 0 Å². The number of para-hydroxylation sites is 1. The number of nitrogens with two attached hydrogens (primary N) is 1. The first-order chi connectivity index (χ1) is 12.5. The van der Waals surface area contributed by atoms with Gasteiger partial charge in [0, 0.05) is 17.0 Å². The van der Waals surface area contributed by atoms with E-state index in [0.717, 1.165) is 0 Å². The lowest BCUT2D eigenvalue weighted by atomic mass is 10.1. The Bertz CT molecular complexity index is 1020. The van der Waals surface area contributed by atoms with E-state index in [9.17, 15) is 14.7 Å². The minimum absolute atomic E-state index is 0.112. The molecule has 6 nitrogen and oxygen atoms in total. The van der Waals surface area contributed by atoms with Gasteiger partial charge in [0.1, 0.15) is 23.4 Å². The molecule has 0 aliphatic carbocycles. The van der Waals surface area contributed by atoms with Gasteiger partial charge in [0.05, 0.1) is 6.61 Å². The number of carbonyl (C=O) groups excluding carboxylic acids is 1. The lowest BCUT2D eigenvalue weighted by Gasteiger charge is -2.13. The predicted molar refractivity (Wildman–Crippen MR) is 94.4 cm³/mol. The number of ether oxygens (including phenoxy) is 1. The van der Waals surface area contributed by atoms with Crippen molar-refractivity contribution in [1.29, 1.82) is 0 Å². The Kier molecular flexibility index (Phi) is 5.04. The van der Waals surface area contributed by atoms with Crippen LogP contribution in [0.1, 0.15) is 28.4 Å². The number of benzene rings is 2. The maximum atomic E-state index is 12.1. The van der Waals surface area contributed by atoms with Gasteiger partial charge >= 0.3 is 11.6 Å². The highest BCUT2D eigenvalue weighted by atomic mass is 16.5. The third-order valence-electron chi connectivity index (χ3n) is 4.12. The summed E-state index contributed by atoms with van der Waals surface area (Å²) in [6.45, 7) is 4.10. The van der Waals surface area contributed by atoms with Gasteiger partial charge in [0.15, 0.2) is 0 Å². The van der Waals surface area contributed by atoms with Gasteiger partial charge < -0.3 is 19.6 Å². The minimum Gasteiger partial charge on any atom is -0.872 e. The molecule has 3 rings (SSSR count). The first-order valence-electron chi connectivity index (χ1n) is 8.33. The molecule has 0 radical (unpaired) electrons. The molecule has 0 fully saturated rings. The highest BCUT2D eigenvalue weighted by Gasteiger charge is 2.16. The zero-order chi connectivity index (χ0) is 18.7. The summed E-state index contributed by atoms with van der Waals surface area (Å²) in [4.78, 5) is 23.9. The van der Waals surface area contributed by atoms with Crippen LogP contribution in [0.5, 0.6) is 5.75 Å². The van der Waals surface area contributed by atoms with Crippen molar-refractivity contribution in [2.45, 2.75) is 20.4 Å². The van der Waals surface area contributed by atoms with Gasteiger partial charge in [-0.3, -0.25) is 0 Å². The molecule has 26 heavy (non-hydrogen) atoms. The zero-order valence-electron chi connectivity index (χ0n) is 14.6. The molecule has 6 heteroatoms. The van der Waals surface area contributed by atoms with E-state index in [1.807, 2.05) is 17.4 Å². The molecule has 0 saturated heterocycles. The summed E-state index contributed by atoms with van der Waals surface area (Å²) in [5.74, 6) is -0.506. The third-order valence-corrected chi connectivity index (χ3v) is 4.12. The molecule has 0 atom stereocenters. The average Bonchev–Trinajstić information content (AvgIpc) is 2.61. The van der Waals surface area contributed by atoms with E-state index in [0.29, 0.717) is 46.5 Å². The van der Waals surface area contributed by atoms with Gasteiger partial charge in [0.2, 0.25) is 0 Å². The number of carbonyl (C=O) groups is 1. The minimum atomic E-state index is -0.474. The Balaban J connectivity index is 1.95. The van der Waals surface area contributed by atoms with Crippen LogP contribution in [0.4, 0.5) is 5.69 Å². The van der Waals surface area contributed by atoms with Crippen molar-refractivity contribution in [2.24, 2.45) is 0 Å². The monoisotopic (exact) mass is 353 g/mol. The van der Waals surface area contributed by atoms with E-state index < -0.39 is 11.6 Å². The summed E-state index contributed by atoms with van der Waals surface area (Å²) in [6.07, 6.45) is 0. The van der Waals surface area contributed by atoms with Crippen molar-refractivity contribution in [3.05, 3.63) is 69.6 Å². The maximum Gasteiger partial charge on any atom is 0.344 e. The molecule has 0 aliphatic heterocycles. The van der Waals surface area contributed by atoms with E-state index in [1.54, 1.807) is 32.0 Å². The molecule has 0 spiro atoms. The summed E-state index contributed by atoms with van der Waals surface area (Å²) < 4.78 is 10.3. The molecule has 1 aromatic heterocycles. The van der Waals surface area contributed by atoms with Crippen molar-refractivity contribution in [3.63, 3.8) is 0 Å². The summed E-state index contributed by atoms with van der Waals surface area (Å²) in [5, 5.41) is 14.4. The Hall–Kier alpha value is -3.12. The highest BCUT2D eigenvalue weighted by Crippen LogP contribution is 2.24. The topological polar surface area (TPSA) is 96.2 Å². The maximum absolute atomic E-state index is 12.1. The predicted octanol–water partition coefficient (Wildman–Crippen LogP) is 1.75. The summed E-state index contributed by atoms with van der Waals surface area (Å²) in [5.41, 5.74) is 2.28. The smallest absolute Gasteiger partial charge is 0.344 e. The first-order valence-corrected chi connectivity index (χ1v) is 8.33. The van der Waals surface area contributed by atoms with Crippen LogP contribution in [0, 0.1) is 6.92 Å². The van der Waals surface area contributed by atoms with E-state index >= 15 is 0 Å². The van der Waals surface area contributed by atoms with Crippen LogP contribution in [0.15, 0.2) is 51.7 Å². The Morgan fingerprint density at radius 3 is 2.77 bits per heavy atom. The van der Waals surface area contributed by atoms with Crippen LogP contribution in [-0.4, -0.2) is 12.6 Å². The zero-order valence-corrected chi connectivity index (χ0v) is 14.6. The van der Waals surface area contributed by atoms with Crippen LogP contribution >= 0.6 is 0 Å². The fraction of sp³-hybridized carbons (Fsp3) is 0.200. The molecule has 0 amide bonds. The van der Waals surface area contributed by atoms with Crippen molar-refractivity contribution >= 4 is 22.6 Å². The second kappa shape index (κ2) is 7.41. The molecule has 0 saturated carbocycles. The number of fused-ring (bicyclic) bond motifs is 1. The standard InChI is InChI=1S/C20H19NO5/c1-3-25-20(24)14-6-4-5-7-16(14)21-11-13-9-19(23)26-18-8-12(2)17(22)10-15(13)18/h4-10,21-22H,3,11H2,1-2H3. The van der Waals surface area contributed by atoms with Crippen molar-refractivity contribution < 1.29 is 24.4 Å². The lowest BCUT2D eigenvalue weighted by Crippen LogP contribution is -2.76. The van der Waals surface area contributed by atoms with Gasteiger partial charge in [-0.15, -0.1) is 5.75 Å². The number of aryl methyl sites for hydroxylation is 1. The van der Waals surface area contributed by atoms with Gasteiger partial charge in [-0.05, 0) is 32.0 Å². The fourth-order valence-corrected chi connectivity index (χ4v) is 2.81. The van der Waals surface area contributed by atoms with Crippen LogP contribution < -0.4 is 16.0 Å².